The fourth-order valence-electron chi connectivity index (χ4n) is 2.95. The Balaban J connectivity index is 1.76. The molecule has 136 valence electrons. The van der Waals surface area contributed by atoms with E-state index in [0.29, 0.717) is 5.88 Å². The van der Waals surface area contributed by atoms with Crippen LogP contribution in [0.3, 0.4) is 0 Å². The number of anilines is 1. The second kappa shape index (κ2) is 7.77. The highest BCUT2D eigenvalue weighted by Crippen LogP contribution is 2.30. The van der Waals surface area contributed by atoms with Crippen LogP contribution in [0.15, 0.2) is 36.5 Å². The summed E-state index contributed by atoms with van der Waals surface area (Å²) < 4.78 is 5.95. The van der Waals surface area contributed by atoms with Crippen LogP contribution in [0.4, 0.5) is 17.1 Å². The Bertz CT molecular complexity index is 821. The van der Waals surface area contributed by atoms with E-state index >= 15 is 0 Å². The fourth-order valence-corrected chi connectivity index (χ4v) is 2.95. The zero-order valence-corrected chi connectivity index (χ0v) is 14.0. The molecule has 9 heteroatoms. The molecule has 2 aromatic rings. The van der Waals surface area contributed by atoms with E-state index in [-0.39, 0.29) is 29.7 Å². The van der Waals surface area contributed by atoms with E-state index in [4.69, 9.17) is 4.74 Å². The summed E-state index contributed by atoms with van der Waals surface area (Å²) in [4.78, 5) is 25.0. The molecule has 1 N–H and O–H groups in total. The number of non-ortho nitro benzene ring substituents is 1. The Morgan fingerprint density at radius 2 is 1.92 bits per heavy atom. The van der Waals surface area contributed by atoms with Gasteiger partial charge in [-0.1, -0.05) is 6.07 Å². The van der Waals surface area contributed by atoms with E-state index < -0.39 is 9.85 Å². The molecule has 26 heavy (non-hydrogen) atoms. The minimum absolute atomic E-state index is 0.150. The monoisotopic (exact) mass is 358 g/mol. The Morgan fingerprint density at radius 3 is 2.62 bits per heavy atom. The van der Waals surface area contributed by atoms with Crippen LogP contribution in [0.5, 0.6) is 5.88 Å². The molecule has 0 bridgehead atoms. The predicted molar refractivity (Wildman–Crippen MR) is 94.2 cm³/mol. The van der Waals surface area contributed by atoms with Crippen molar-refractivity contribution >= 4 is 17.1 Å². The largest absolute Gasteiger partial charge is 0.474 e. The van der Waals surface area contributed by atoms with Crippen molar-refractivity contribution in [2.75, 3.05) is 5.32 Å². The first-order valence-corrected chi connectivity index (χ1v) is 8.32. The second-order valence-electron chi connectivity index (χ2n) is 6.06. The second-order valence-corrected chi connectivity index (χ2v) is 6.06. The SMILES string of the molecule is O=[N+]([O-])c1ccc(NCc2cccnc2OC2CCCC2)c([N+](=O)[O-])c1. The van der Waals surface area contributed by atoms with E-state index in [2.05, 4.69) is 10.3 Å². The first-order valence-electron chi connectivity index (χ1n) is 8.32. The average molecular weight is 358 g/mol. The maximum absolute atomic E-state index is 11.2. The van der Waals surface area contributed by atoms with Gasteiger partial charge in [0.05, 0.1) is 15.9 Å². The van der Waals surface area contributed by atoms with Crippen LogP contribution in [-0.4, -0.2) is 20.9 Å². The molecule has 3 rings (SSSR count). The minimum Gasteiger partial charge on any atom is -0.474 e. The van der Waals surface area contributed by atoms with E-state index in [0.717, 1.165) is 37.3 Å². The normalized spacial score (nSPS) is 14.2. The highest BCUT2D eigenvalue weighted by atomic mass is 16.6. The van der Waals surface area contributed by atoms with Crippen molar-refractivity contribution in [3.05, 3.63) is 62.3 Å². The van der Waals surface area contributed by atoms with Crippen LogP contribution >= 0.6 is 0 Å². The summed E-state index contributed by atoms with van der Waals surface area (Å²) in [6.45, 7) is 0.258. The molecule has 0 atom stereocenters. The molecule has 1 aromatic heterocycles. The van der Waals surface area contributed by atoms with Gasteiger partial charge in [-0.25, -0.2) is 4.98 Å². The highest BCUT2D eigenvalue weighted by Gasteiger charge is 2.21. The number of ether oxygens (including phenoxy) is 1. The zero-order valence-electron chi connectivity index (χ0n) is 14.0. The summed E-state index contributed by atoms with van der Waals surface area (Å²) >= 11 is 0. The van der Waals surface area contributed by atoms with Crippen molar-refractivity contribution in [1.29, 1.82) is 0 Å². The van der Waals surface area contributed by atoms with Crippen LogP contribution in [0.2, 0.25) is 0 Å². The van der Waals surface area contributed by atoms with Crippen molar-refractivity contribution in [3.8, 4) is 5.88 Å². The average Bonchev–Trinajstić information content (AvgIpc) is 3.13. The van der Waals surface area contributed by atoms with Crippen molar-refractivity contribution in [3.63, 3.8) is 0 Å². The standard InChI is InChI=1S/C17H18N4O5/c22-20(23)13-7-8-15(16(10-13)21(24)25)19-11-12-4-3-9-18-17(12)26-14-5-1-2-6-14/h3-4,7-10,14,19H,1-2,5-6,11H2. The van der Waals surface area contributed by atoms with Gasteiger partial charge in [0.25, 0.3) is 11.4 Å². The molecule has 0 radical (unpaired) electrons. The topological polar surface area (TPSA) is 120 Å². The summed E-state index contributed by atoms with van der Waals surface area (Å²) in [7, 11) is 0. The van der Waals surface area contributed by atoms with Gasteiger partial charge in [0.1, 0.15) is 11.8 Å². The fraction of sp³-hybridized carbons (Fsp3) is 0.353. The highest BCUT2D eigenvalue weighted by molar-refractivity contribution is 5.65. The summed E-state index contributed by atoms with van der Waals surface area (Å²) in [5.74, 6) is 0.511. The van der Waals surface area contributed by atoms with E-state index in [1.165, 1.54) is 12.1 Å². The first-order chi connectivity index (χ1) is 12.5. The number of nitro groups is 2. The Hall–Kier alpha value is -3.23. The number of hydrogen-bond acceptors (Lipinski definition) is 7. The zero-order chi connectivity index (χ0) is 18.5. The van der Waals surface area contributed by atoms with Gasteiger partial charge in [-0.2, -0.15) is 0 Å². The molecule has 1 aliphatic carbocycles. The quantitative estimate of drug-likeness (QED) is 0.589. The summed E-state index contributed by atoms with van der Waals surface area (Å²) in [5, 5.41) is 25.0. The molecule has 1 aliphatic rings. The van der Waals surface area contributed by atoms with E-state index in [9.17, 15) is 20.2 Å². The lowest BCUT2D eigenvalue weighted by molar-refractivity contribution is -0.393. The molecule has 1 saturated carbocycles. The summed E-state index contributed by atoms with van der Waals surface area (Å²) in [5.41, 5.74) is 0.304. The molecule has 0 amide bonds. The van der Waals surface area contributed by atoms with Gasteiger partial charge in [-0.05, 0) is 37.8 Å². The lowest BCUT2D eigenvalue weighted by Crippen LogP contribution is -2.14. The van der Waals surface area contributed by atoms with Gasteiger partial charge in [0.15, 0.2) is 0 Å². The van der Waals surface area contributed by atoms with E-state index in [1.54, 1.807) is 12.3 Å². The van der Waals surface area contributed by atoms with Crippen molar-refractivity contribution in [2.45, 2.75) is 38.3 Å². The van der Waals surface area contributed by atoms with Crippen molar-refractivity contribution in [2.24, 2.45) is 0 Å². The third-order valence-corrected chi connectivity index (χ3v) is 4.29. The maximum atomic E-state index is 11.2. The lowest BCUT2D eigenvalue weighted by Gasteiger charge is -2.15. The van der Waals surface area contributed by atoms with Crippen molar-refractivity contribution < 1.29 is 14.6 Å². The number of nitro benzene ring substituents is 2. The predicted octanol–water partition coefficient (Wildman–Crippen LogP) is 3.83. The number of nitrogens with zero attached hydrogens (tertiary/aromatic N) is 3. The molecule has 1 heterocycles. The van der Waals surface area contributed by atoms with Crippen LogP contribution in [0.1, 0.15) is 31.2 Å². The summed E-state index contributed by atoms with van der Waals surface area (Å²) in [6, 6.07) is 7.12. The van der Waals surface area contributed by atoms with Gasteiger partial charge < -0.3 is 10.1 Å². The first kappa shape index (κ1) is 17.6. The maximum Gasteiger partial charge on any atom is 0.299 e. The van der Waals surface area contributed by atoms with Crippen molar-refractivity contribution in [1.82, 2.24) is 4.98 Å². The molecule has 0 aliphatic heterocycles. The van der Waals surface area contributed by atoms with Gasteiger partial charge in [-0.15, -0.1) is 0 Å². The Kier molecular flexibility index (Phi) is 5.26. The molecule has 9 nitrogen and oxygen atoms in total. The summed E-state index contributed by atoms with van der Waals surface area (Å²) in [6.07, 6.45) is 6.06. The molecular formula is C17H18N4O5. The minimum atomic E-state index is -0.661. The number of rotatable bonds is 7. The van der Waals surface area contributed by atoms with Crippen LogP contribution in [0.25, 0.3) is 0 Å². The van der Waals surface area contributed by atoms with Gasteiger partial charge in [-0.3, -0.25) is 20.2 Å². The number of nitrogens with one attached hydrogen (secondary N) is 1. The van der Waals surface area contributed by atoms with Gasteiger partial charge in [0.2, 0.25) is 5.88 Å². The van der Waals surface area contributed by atoms with Gasteiger partial charge >= 0.3 is 0 Å². The lowest BCUT2D eigenvalue weighted by atomic mass is 10.2. The van der Waals surface area contributed by atoms with E-state index in [1.807, 2.05) is 6.07 Å². The molecule has 0 saturated heterocycles. The Morgan fingerprint density at radius 1 is 1.15 bits per heavy atom. The molecule has 0 unspecified atom stereocenters. The number of pyridine rings is 1. The van der Waals surface area contributed by atoms with Crippen LogP contribution in [0, 0.1) is 20.2 Å². The molecular weight excluding hydrogens is 340 g/mol. The third-order valence-electron chi connectivity index (χ3n) is 4.29. The molecule has 1 fully saturated rings. The number of aromatic nitrogens is 1. The number of hydrogen-bond donors (Lipinski definition) is 1. The molecule has 1 aromatic carbocycles. The van der Waals surface area contributed by atoms with Crippen LogP contribution in [-0.2, 0) is 6.54 Å². The number of benzene rings is 1. The smallest absolute Gasteiger partial charge is 0.299 e. The molecule has 0 spiro atoms. The Labute approximate surface area is 149 Å². The van der Waals surface area contributed by atoms with Crippen LogP contribution < -0.4 is 10.1 Å². The van der Waals surface area contributed by atoms with Gasteiger partial charge in [0, 0.05) is 24.4 Å². The third kappa shape index (κ3) is 4.05.